The van der Waals surface area contributed by atoms with E-state index in [1.165, 1.54) is 76.2 Å². The second-order valence-corrected chi connectivity index (χ2v) is 9.06. The van der Waals surface area contributed by atoms with Gasteiger partial charge in [-0.1, -0.05) is 108 Å². The van der Waals surface area contributed by atoms with Crippen molar-refractivity contribution in [3.05, 3.63) is 60.2 Å². The third-order valence-electron chi connectivity index (χ3n) is 6.16. The van der Waals surface area contributed by atoms with Gasteiger partial charge in [0.15, 0.2) is 0 Å². The second kappa shape index (κ2) is 16.8. The van der Waals surface area contributed by atoms with Gasteiger partial charge in [0.05, 0.1) is 6.10 Å². The molecule has 0 spiro atoms. The molecule has 0 saturated carbocycles. The number of aliphatic hydroxyl groups excluding tert-OH is 1. The van der Waals surface area contributed by atoms with Crippen LogP contribution in [0.15, 0.2) is 54.6 Å². The van der Waals surface area contributed by atoms with Crippen LogP contribution in [-0.4, -0.2) is 11.2 Å². The molecule has 2 N–H and O–H groups in total. The van der Waals surface area contributed by atoms with Crippen LogP contribution in [0.25, 0.3) is 0 Å². The molecular weight excluding hydrogens is 378 g/mol. The summed E-state index contributed by atoms with van der Waals surface area (Å²) in [6, 6.07) is 19.1. The quantitative estimate of drug-likeness (QED) is 0.235. The molecule has 31 heavy (non-hydrogen) atoms. The molecule has 0 fully saturated rings. The summed E-state index contributed by atoms with van der Waals surface area (Å²) in [6.45, 7) is 2.27. The summed E-state index contributed by atoms with van der Waals surface area (Å²) in [5.74, 6) is 0. The Hall–Kier alpha value is -1.80. The van der Waals surface area contributed by atoms with Crippen molar-refractivity contribution >= 4 is 11.4 Å². The normalized spacial score (nSPS) is 12.1. The van der Waals surface area contributed by atoms with Gasteiger partial charge < -0.3 is 10.4 Å². The van der Waals surface area contributed by atoms with Crippen molar-refractivity contribution in [2.75, 3.05) is 5.32 Å². The number of rotatable bonds is 18. The summed E-state index contributed by atoms with van der Waals surface area (Å²) in [7, 11) is 0. The summed E-state index contributed by atoms with van der Waals surface area (Å²) in [5.41, 5.74) is 3.65. The molecule has 0 aliphatic carbocycles. The molecule has 2 heteroatoms. The van der Waals surface area contributed by atoms with Crippen LogP contribution in [0, 0.1) is 0 Å². The molecule has 0 radical (unpaired) electrons. The zero-order chi connectivity index (χ0) is 22.0. The molecule has 172 valence electrons. The minimum Gasteiger partial charge on any atom is -0.393 e. The van der Waals surface area contributed by atoms with Crippen LogP contribution in [0.5, 0.6) is 0 Å². The average molecular weight is 424 g/mol. The van der Waals surface area contributed by atoms with Crippen LogP contribution in [0.4, 0.5) is 11.4 Å². The van der Waals surface area contributed by atoms with Crippen LogP contribution in [0.2, 0.25) is 0 Å². The number of hydrogen-bond donors (Lipinski definition) is 2. The highest BCUT2D eigenvalue weighted by molar-refractivity contribution is 5.59. The summed E-state index contributed by atoms with van der Waals surface area (Å²) >= 11 is 0. The fraction of sp³-hybridized carbons (Fsp3) is 0.586. The molecule has 1 unspecified atom stereocenters. The van der Waals surface area contributed by atoms with Crippen molar-refractivity contribution in [2.24, 2.45) is 0 Å². The predicted molar refractivity (Wildman–Crippen MR) is 136 cm³/mol. The van der Waals surface area contributed by atoms with Gasteiger partial charge in [-0.2, -0.15) is 0 Å². The number of aryl methyl sites for hydroxylation is 1. The number of benzene rings is 2. The van der Waals surface area contributed by atoms with Crippen LogP contribution in [0.1, 0.15) is 102 Å². The van der Waals surface area contributed by atoms with Crippen molar-refractivity contribution in [3.63, 3.8) is 0 Å². The van der Waals surface area contributed by atoms with Gasteiger partial charge >= 0.3 is 0 Å². The Bertz CT molecular complexity index is 652. The van der Waals surface area contributed by atoms with Gasteiger partial charge in [0.1, 0.15) is 0 Å². The van der Waals surface area contributed by atoms with Gasteiger partial charge in [-0.05, 0) is 55.5 Å². The Morgan fingerprint density at radius 2 is 1.13 bits per heavy atom. The SMILES string of the molecule is CCCCCCCCCCCC(O)CCCCCc1ccc(Nc2ccccc2)cc1. The van der Waals surface area contributed by atoms with E-state index in [9.17, 15) is 5.11 Å². The van der Waals surface area contributed by atoms with E-state index in [2.05, 4.69) is 48.6 Å². The summed E-state index contributed by atoms with van der Waals surface area (Å²) in [6.07, 6.45) is 18.7. The molecule has 0 aromatic heterocycles. The lowest BCUT2D eigenvalue weighted by molar-refractivity contribution is 0.147. The number of unbranched alkanes of at least 4 members (excludes halogenated alkanes) is 10. The summed E-state index contributed by atoms with van der Waals surface area (Å²) in [5, 5.41) is 13.6. The van der Waals surface area contributed by atoms with E-state index in [1.807, 2.05) is 18.2 Å². The predicted octanol–water partition coefficient (Wildman–Crippen LogP) is 8.81. The third-order valence-corrected chi connectivity index (χ3v) is 6.16. The second-order valence-electron chi connectivity index (χ2n) is 9.06. The average Bonchev–Trinajstić information content (AvgIpc) is 2.79. The zero-order valence-electron chi connectivity index (χ0n) is 19.8. The first kappa shape index (κ1) is 25.5. The lowest BCUT2D eigenvalue weighted by atomic mass is 10.0. The molecular formula is C29H45NO. The van der Waals surface area contributed by atoms with E-state index in [-0.39, 0.29) is 6.10 Å². The molecule has 0 aliphatic heterocycles. The first-order valence-corrected chi connectivity index (χ1v) is 12.9. The minimum atomic E-state index is -0.0899. The minimum absolute atomic E-state index is 0.0899. The zero-order valence-corrected chi connectivity index (χ0v) is 19.8. The van der Waals surface area contributed by atoms with Crippen LogP contribution < -0.4 is 5.32 Å². The Morgan fingerprint density at radius 3 is 1.74 bits per heavy atom. The van der Waals surface area contributed by atoms with E-state index >= 15 is 0 Å². The number of para-hydroxylation sites is 1. The highest BCUT2D eigenvalue weighted by Crippen LogP contribution is 2.18. The number of hydrogen-bond acceptors (Lipinski definition) is 2. The van der Waals surface area contributed by atoms with Crippen LogP contribution >= 0.6 is 0 Å². The monoisotopic (exact) mass is 423 g/mol. The maximum absolute atomic E-state index is 10.2. The van der Waals surface area contributed by atoms with Gasteiger partial charge in [0.25, 0.3) is 0 Å². The lowest BCUT2D eigenvalue weighted by Crippen LogP contribution is -2.06. The molecule has 2 rings (SSSR count). The fourth-order valence-electron chi connectivity index (χ4n) is 4.16. The van der Waals surface area contributed by atoms with Crippen LogP contribution in [-0.2, 0) is 6.42 Å². The summed E-state index contributed by atoms with van der Waals surface area (Å²) < 4.78 is 0. The molecule has 0 heterocycles. The topological polar surface area (TPSA) is 32.3 Å². The fourth-order valence-corrected chi connectivity index (χ4v) is 4.16. The van der Waals surface area contributed by atoms with Crippen LogP contribution in [0.3, 0.4) is 0 Å². The van der Waals surface area contributed by atoms with E-state index in [0.717, 1.165) is 37.1 Å². The van der Waals surface area contributed by atoms with Crippen molar-refractivity contribution in [2.45, 2.75) is 109 Å². The highest BCUT2D eigenvalue weighted by Gasteiger charge is 2.04. The Morgan fingerprint density at radius 1 is 0.613 bits per heavy atom. The van der Waals surface area contributed by atoms with Crippen molar-refractivity contribution < 1.29 is 5.11 Å². The largest absolute Gasteiger partial charge is 0.393 e. The summed E-state index contributed by atoms with van der Waals surface area (Å²) in [4.78, 5) is 0. The molecule has 2 aromatic carbocycles. The lowest BCUT2D eigenvalue weighted by Gasteiger charge is -2.10. The van der Waals surface area contributed by atoms with E-state index in [1.54, 1.807) is 0 Å². The van der Waals surface area contributed by atoms with Gasteiger partial charge in [-0.25, -0.2) is 0 Å². The Balaban J connectivity index is 1.44. The first-order chi connectivity index (χ1) is 15.3. The van der Waals surface area contributed by atoms with Crippen molar-refractivity contribution in [3.8, 4) is 0 Å². The van der Waals surface area contributed by atoms with Gasteiger partial charge in [0, 0.05) is 11.4 Å². The highest BCUT2D eigenvalue weighted by atomic mass is 16.3. The maximum atomic E-state index is 10.2. The first-order valence-electron chi connectivity index (χ1n) is 12.9. The standard InChI is InChI=1S/C29H45NO/c1-2-3-4-5-6-7-8-9-15-20-29(31)21-16-10-12-17-26-22-24-28(25-23-26)30-27-18-13-11-14-19-27/h11,13-14,18-19,22-25,29-31H,2-10,12,15-17,20-21H2,1H3. The molecule has 2 nitrogen and oxygen atoms in total. The molecule has 1 atom stereocenters. The third kappa shape index (κ3) is 12.6. The van der Waals surface area contributed by atoms with Gasteiger partial charge in [-0.15, -0.1) is 0 Å². The smallest absolute Gasteiger partial charge is 0.0540 e. The molecule has 0 bridgehead atoms. The molecule has 0 amide bonds. The molecule has 2 aromatic rings. The molecule has 0 aliphatic rings. The maximum Gasteiger partial charge on any atom is 0.0540 e. The number of anilines is 2. The number of aliphatic hydroxyl groups is 1. The van der Waals surface area contributed by atoms with E-state index in [0.29, 0.717) is 0 Å². The van der Waals surface area contributed by atoms with E-state index in [4.69, 9.17) is 0 Å². The Kier molecular flexibility index (Phi) is 13.8. The number of nitrogens with one attached hydrogen (secondary N) is 1. The van der Waals surface area contributed by atoms with Crippen molar-refractivity contribution in [1.82, 2.24) is 0 Å². The van der Waals surface area contributed by atoms with Gasteiger partial charge in [0.2, 0.25) is 0 Å². The van der Waals surface area contributed by atoms with Gasteiger partial charge in [-0.3, -0.25) is 0 Å². The van der Waals surface area contributed by atoms with E-state index < -0.39 is 0 Å². The van der Waals surface area contributed by atoms with Crippen molar-refractivity contribution in [1.29, 1.82) is 0 Å². The molecule has 0 saturated heterocycles. The Labute approximate surface area is 191 Å².